The Labute approximate surface area is 408 Å². The number of ether oxygens (including phenoxy) is 1. The summed E-state index contributed by atoms with van der Waals surface area (Å²) in [5.41, 5.74) is 0. The number of carbonyl (C=O) groups excluding carboxylic acids is 2. The Balaban J connectivity index is 5.38. The number of hydrogen-bond acceptors (Lipinski definition) is 7. The van der Waals surface area contributed by atoms with E-state index in [4.69, 9.17) is 13.8 Å². The molecule has 1 N–H and O–H groups in total. The molecule has 0 bridgehead atoms. The Morgan fingerprint density at radius 1 is 0.515 bits per heavy atom. The third-order valence-corrected chi connectivity index (χ3v) is 13.3. The molecule has 0 aromatic heterocycles. The van der Waals surface area contributed by atoms with Gasteiger partial charge in [-0.3, -0.25) is 14.2 Å². The second-order valence-electron chi connectivity index (χ2n) is 20.1. The maximum absolute atomic E-state index is 13.4. The molecular formula is C56H107N2O7P. The number of esters is 1. The number of carbonyl (C=O) groups is 2. The molecule has 3 atom stereocenters. The Morgan fingerprint density at radius 3 is 1.32 bits per heavy atom. The van der Waals surface area contributed by atoms with Gasteiger partial charge in [0.1, 0.15) is 19.3 Å². The summed E-state index contributed by atoms with van der Waals surface area (Å²) in [6.45, 7) is 6.81. The van der Waals surface area contributed by atoms with Crippen molar-refractivity contribution in [3.05, 3.63) is 36.5 Å². The average molecular weight is 951 g/mol. The van der Waals surface area contributed by atoms with Gasteiger partial charge in [-0.25, -0.2) is 0 Å². The average Bonchev–Trinajstić information content (AvgIpc) is 3.27. The van der Waals surface area contributed by atoms with Crippen LogP contribution in [0.15, 0.2) is 36.5 Å². The zero-order valence-corrected chi connectivity index (χ0v) is 45.0. The summed E-state index contributed by atoms with van der Waals surface area (Å²) in [6, 6.07) is -0.892. The number of phosphoric acid groups is 1. The van der Waals surface area contributed by atoms with Crippen LogP contribution in [-0.2, 0) is 27.9 Å². The molecule has 0 spiro atoms. The van der Waals surface area contributed by atoms with Crippen LogP contribution in [0.25, 0.3) is 0 Å². The number of amides is 1. The van der Waals surface area contributed by atoms with Crippen LogP contribution >= 0.6 is 7.82 Å². The van der Waals surface area contributed by atoms with Gasteiger partial charge in [-0.15, -0.1) is 0 Å². The maximum Gasteiger partial charge on any atom is 0.306 e. The van der Waals surface area contributed by atoms with Crippen LogP contribution < -0.4 is 10.2 Å². The van der Waals surface area contributed by atoms with Gasteiger partial charge in [-0.1, -0.05) is 199 Å². The third kappa shape index (κ3) is 47.3. The second-order valence-corrected chi connectivity index (χ2v) is 21.5. The van der Waals surface area contributed by atoms with Crippen molar-refractivity contribution >= 4 is 19.7 Å². The van der Waals surface area contributed by atoms with Crippen LogP contribution in [0, 0.1) is 0 Å². The molecule has 0 rings (SSSR count). The van der Waals surface area contributed by atoms with E-state index in [-0.39, 0.29) is 24.9 Å². The first-order valence-corrected chi connectivity index (χ1v) is 29.3. The fraction of sp³-hybridized carbons (Fsp3) is 0.857. The number of quaternary nitrogens is 1. The van der Waals surface area contributed by atoms with Gasteiger partial charge in [-0.05, 0) is 83.1 Å². The molecule has 388 valence electrons. The summed E-state index contributed by atoms with van der Waals surface area (Å²) < 4.78 is 30.1. The van der Waals surface area contributed by atoms with Crippen molar-refractivity contribution in [3.63, 3.8) is 0 Å². The highest BCUT2D eigenvalue weighted by molar-refractivity contribution is 7.45. The molecule has 0 fully saturated rings. The highest BCUT2D eigenvalue weighted by atomic mass is 31.2. The maximum atomic E-state index is 13.4. The Hall–Kier alpha value is -1.77. The lowest BCUT2D eigenvalue weighted by Gasteiger charge is -2.30. The van der Waals surface area contributed by atoms with Crippen LogP contribution in [0.5, 0.6) is 0 Å². The van der Waals surface area contributed by atoms with Crippen molar-refractivity contribution in [2.75, 3.05) is 40.9 Å². The molecule has 0 radical (unpaired) electrons. The van der Waals surface area contributed by atoms with Crippen molar-refractivity contribution in [1.82, 2.24) is 5.32 Å². The van der Waals surface area contributed by atoms with E-state index >= 15 is 0 Å². The SMILES string of the molecule is CCCCCC/C=C\CCCCCCCCCC(=O)NC(COP(=O)([O-])OCC[N+](C)(C)C)C(/C=C/CCCCCCCCCCC)OC(=O)CCCCC/C=C\CCCCCCCCC. The van der Waals surface area contributed by atoms with Crippen molar-refractivity contribution < 1.29 is 37.3 Å². The van der Waals surface area contributed by atoms with Crippen molar-refractivity contribution in [3.8, 4) is 0 Å². The van der Waals surface area contributed by atoms with Crippen molar-refractivity contribution in [1.29, 1.82) is 0 Å². The minimum absolute atomic E-state index is 0.0242. The standard InChI is InChI=1S/C56H107N2O7P/c1-7-10-13-16-19-22-25-27-29-30-33-36-39-42-45-48-55(59)57-53(52-64-66(61,62)63-51-50-58(4,5)6)54(47-44-41-38-35-32-24-21-18-15-12-9-3)65-56(60)49-46-43-40-37-34-31-28-26-23-20-17-14-11-8-2/h22,25,31,34,44,47,53-54H,7-21,23-24,26-30,32-33,35-43,45-46,48-52H2,1-6H3,(H-,57,59,61,62)/b25-22-,34-31-,47-44+. The Kier molecular flexibility index (Phi) is 45.7. The summed E-state index contributed by atoms with van der Waals surface area (Å²) in [6.07, 6.45) is 53.9. The van der Waals surface area contributed by atoms with E-state index in [0.29, 0.717) is 23.9 Å². The molecule has 0 aromatic rings. The first kappa shape index (κ1) is 64.2. The molecule has 66 heavy (non-hydrogen) atoms. The number of allylic oxidation sites excluding steroid dienone is 5. The molecule has 0 aromatic carbocycles. The molecule has 0 saturated carbocycles. The third-order valence-electron chi connectivity index (χ3n) is 12.3. The summed E-state index contributed by atoms with van der Waals surface area (Å²) >= 11 is 0. The second kappa shape index (κ2) is 46.9. The van der Waals surface area contributed by atoms with Gasteiger partial charge in [0.05, 0.1) is 33.8 Å². The van der Waals surface area contributed by atoms with Gasteiger partial charge in [-0.2, -0.15) is 0 Å². The molecular weight excluding hydrogens is 844 g/mol. The number of rotatable bonds is 50. The number of unbranched alkanes of at least 4 members (excludes halogenated alkanes) is 30. The van der Waals surface area contributed by atoms with Crippen LogP contribution in [-0.4, -0.2) is 69.4 Å². The molecule has 1 amide bonds. The van der Waals surface area contributed by atoms with E-state index in [0.717, 1.165) is 77.0 Å². The molecule has 0 aliphatic heterocycles. The number of hydrogen-bond donors (Lipinski definition) is 1. The molecule has 10 heteroatoms. The van der Waals surface area contributed by atoms with Crippen LogP contribution in [0.4, 0.5) is 0 Å². The van der Waals surface area contributed by atoms with Gasteiger partial charge >= 0.3 is 5.97 Å². The minimum atomic E-state index is -4.69. The van der Waals surface area contributed by atoms with E-state index in [2.05, 4.69) is 50.4 Å². The molecule has 0 aliphatic rings. The van der Waals surface area contributed by atoms with Gasteiger partial charge in [0.15, 0.2) is 0 Å². The smallest absolute Gasteiger partial charge is 0.306 e. The predicted molar refractivity (Wildman–Crippen MR) is 279 cm³/mol. The largest absolute Gasteiger partial charge is 0.756 e. The summed E-state index contributed by atoms with van der Waals surface area (Å²) in [7, 11) is 1.18. The summed E-state index contributed by atoms with van der Waals surface area (Å²) in [5, 5.41) is 3.01. The zero-order chi connectivity index (χ0) is 48.7. The van der Waals surface area contributed by atoms with Gasteiger partial charge in [0.2, 0.25) is 5.91 Å². The van der Waals surface area contributed by atoms with E-state index in [1.54, 1.807) is 0 Å². The van der Waals surface area contributed by atoms with Crippen LogP contribution in [0.2, 0.25) is 0 Å². The number of likely N-dealkylation sites (N-methyl/N-ethyl adjacent to an activating group) is 1. The number of phosphoric ester groups is 1. The van der Waals surface area contributed by atoms with E-state index in [1.165, 1.54) is 141 Å². The topological polar surface area (TPSA) is 114 Å². The fourth-order valence-corrected chi connectivity index (χ4v) is 8.64. The lowest BCUT2D eigenvalue weighted by Crippen LogP contribution is -2.47. The lowest BCUT2D eigenvalue weighted by atomic mass is 10.1. The molecule has 0 saturated heterocycles. The monoisotopic (exact) mass is 951 g/mol. The molecule has 0 aliphatic carbocycles. The van der Waals surface area contributed by atoms with E-state index < -0.39 is 26.6 Å². The highest BCUT2D eigenvalue weighted by Gasteiger charge is 2.27. The predicted octanol–water partition coefficient (Wildman–Crippen LogP) is 15.8. The zero-order valence-electron chi connectivity index (χ0n) is 44.2. The van der Waals surface area contributed by atoms with Crippen LogP contribution in [0.1, 0.15) is 258 Å². The van der Waals surface area contributed by atoms with Gasteiger partial charge in [0, 0.05) is 12.8 Å². The number of nitrogens with zero attached hydrogens (tertiary/aromatic N) is 1. The van der Waals surface area contributed by atoms with Gasteiger partial charge in [0.25, 0.3) is 7.82 Å². The normalized spacial score (nSPS) is 14.1. The van der Waals surface area contributed by atoms with E-state index in [1.807, 2.05) is 33.3 Å². The van der Waals surface area contributed by atoms with Crippen molar-refractivity contribution in [2.24, 2.45) is 0 Å². The lowest BCUT2D eigenvalue weighted by molar-refractivity contribution is -0.870. The number of nitrogens with one attached hydrogen (secondary N) is 1. The quantitative estimate of drug-likeness (QED) is 0.0212. The van der Waals surface area contributed by atoms with E-state index in [9.17, 15) is 19.0 Å². The Morgan fingerprint density at radius 2 is 0.879 bits per heavy atom. The van der Waals surface area contributed by atoms with Gasteiger partial charge < -0.3 is 28.5 Å². The first-order valence-electron chi connectivity index (χ1n) is 27.8. The highest BCUT2D eigenvalue weighted by Crippen LogP contribution is 2.38. The van der Waals surface area contributed by atoms with Crippen molar-refractivity contribution in [2.45, 2.75) is 270 Å². The minimum Gasteiger partial charge on any atom is -0.756 e. The molecule has 0 heterocycles. The fourth-order valence-electron chi connectivity index (χ4n) is 7.92. The summed E-state index contributed by atoms with van der Waals surface area (Å²) in [4.78, 5) is 39.7. The van der Waals surface area contributed by atoms with Crippen LogP contribution in [0.3, 0.4) is 0 Å². The first-order chi connectivity index (χ1) is 31.9. The molecule has 3 unspecified atom stereocenters. The molecule has 9 nitrogen and oxygen atoms in total. The Bertz CT molecular complexity index is 1230. The summed E-state index contributed by atoms with van der Waals surface area (Å²) in [5.74, 6) is -0.561.